The molecule has 7 nitrogen and oxygen atoms in total. The minimum absolute atomic E-state index is 0.0248. The lowest BCUT2D eigenvalue weighted by atomic mass is 10.0. The molecule has 2 N–H and O–H groups in total. The molecule has 1 saturated heterocycles. The van der Waals surface area contributed by atoms with Crippen LogP contribution in [0, 0.1) is 13.8 Å². The van der Waals surface area contributed by atoms with Crippen LogP contribution in [0.2, 0.25) is 0 Å². The van der Waals surface area contributed by atoms with E-state index in [9.17, 15) is 18.4 Å². The van der Waals surface area contributed by atoms with E-state index in [4.69, 9.17) is 0 Å². The average Bonchev–Trinajstić information content (AvgIpc) is 3.54. The van der Waals surface area contributed by atoms with Crippen LogP contribution in [0.3, 0.4) is 0 Å². The van der Waals surface area contributed by atoms with E-state index in [0.717, 1.165) is 36.0 Å². The molecule has 1 aliphatic heterocycles. The molecule has 0 spiro atoms. The number of pyridine rings is 1. The molecule has 2 aromatic heterocycles. The van der Waals surface area contributed by atoms with Gasteiger partial charge in [-0.3, -0.25) is 14.6 Å². The number of carbonyl (C=O) groups excluding carboxylic acids is 2. The molecular weight excluding hydrogens is 508 g/mol. The van der Waals surface area contributed by atoms with E-state index in [1.54, 1.807) is 29.7 Å². The van der Waals surface area contributed by atoms with Gasteiger partial charge in [0, 0.05) is 66.7 Å². The Hall–Kier alpha value is -3.24. The van der Waals surface area contributed by atoms with E-state index < -0.39 is 5.92 Å². The Morgan fingerprint density at radius 2 is 1.92 bits per heavy atom. The maximum absolute atomic E-state index is 13.5. The molecule has 1 unspecified atom stereocenters. The number of hydrogen-bond acceptors (Lipinski definition) is 6. The van der Waals surface area contributed by atoms with Gasteiger partial charge in [0.15, 0.2) is 0 Å². The van der Waals surface area contributed by atoms with Crippen LogP contribution in [0.25, 0.3) is 0 Å². The van der Waals surface area contributed by atoms with E-state index in [1.165, 1.54) is 12.3 Å². The molecule has 0 bridgehead atoms. The normalized spacial score (nSPS) is 15.6. The Morgan fingerprint density at radius 3 is 2.66 bits per heavy atom. The first kappa shape index (κ1) is 27.8. The van der Waals surface area contributed by atoms with Crippen LogP contribution in [-0.4, -0.2) is 46.3 Å². The SMILES string of the molecule is Cc1cc(C(=O)NCCCNCc2cncc(C(C)(F)F)c2)cc(C(=O)N2CCCC2c2nc(C)cs2)c1. The summed E-state index contributed by atoms with van der Waals surface area (Å²) in [6.45, 7) is 6.79. The van der Waals surface area contributed by atoms with Crippen molar-refractivity contribution < 1.29 is 18.4 Å². The van der Waals surface area contributed by atoms with Crippen LogP contribution in [0.15, 0.2) is 42.0 Å². The number of likely N-dealkylation sites (tertiary alicyclic amines) is 1. The Morgan fingerprint density at radius 1 is 1.13 bits per heavy atom. The number of thiazole rings is 1. The van der Waals surface area contributed by atoms with E-state index in [0.29, 0.717) is 49.3 Å². The summed E-state index contributed by atoms with van der Waals surface area (Å²) in [7, 11) is 0. The second-order valence-electron chi connectivity index (χ2n) is 9.83. The molecule has 1 atom stereocenters. The second-order valence-corrected chi connectivity index (χ2v) is 10.7. The average molecular weight is 542 g/mol. The fourth-order valence-corrected chi connectivity index (χ4v) is 5.51. The summed E-state index contributed by atoms with van der Waals surface area (Å²) in [6, 6.07) is 6.68. The lowest BCUT2D eigenvalue weighted by molar-refractivity contribution is 0.0170. The standard InChI is InChI=1S/C28H33F2N5O2S/c1-18-10-21(13-22(11-18)27(37)35-9-4-6-24(35)26-34-19(2)17-38-26)25(36)33-8-5-7-31-14-20-12-23(16-32-15-20)28(3,29)30/h10-13,15-17,24,31H,4-9,14H2,1-3H3,(H,33,36). The number of carbonyl (C=O) groups is 2. The molecule has 10 heteroatoms. The van der Waals surface area contributed by atoms with E-state index in [-0.39, 0.29) is 23.4 Å². The van der Waals surface area contributed by atoms with Crippen molar-refractivity contribution >= 4 is 23.2 Å². The van der Waals surface area contributed by atoms with Crippen LogP contribution < -0.4 is 10.6 Å². The molecule has 3 aromatic rings. The first-order valence-electron chi connectivity index (χ1n) is 12.8. The van der Waals surface area contributed by atoms with Crippen molar-refractivity contribution in [1.29, 1.82) is 0 Å². The van der Waals surface area contributed by atoms with Crippen LogP contribution in [-0.2, 0) is 12.5 Å². The molecule has 1 aromatic carbocycles. The lowest BCUT2D eigenvalue weighted by Gasteiger charge is -2.23. The quantitative estimate of drug-likeness (QED) is 0.347. The van der Waals surface area contributed by atoms with E-state index in [1.807, 2.05) is 30.2 Å². The number of benzene rings is 1. The van der Waals surface area contributed by atoms with Crippen LogP contribution in [0.1, 0.15) is 80.3 Å². The fraction of sp³-hybridized carbons (Fsp3) is 0.429. The summed E-state index contributed by atoms with van der Waals surface area (Å²) < 4.78 is 27.0. The van der Waals surface area contributed by atoms with Gasteiger partial charge in [-0.05, 0) is 75.0 Å². The predicted octanol–water partition coefficient (Wildman–Crippen LogP) is 5.15. The zero-order valence-electron chi connectivity index (χ0n) is 21.9. The molecule has 0 radical (unpaired) electrons. The molecule has 4 rings (SSSR count). The highest BCUT2D eigenvalue weighted by atomic mass is 32.1. The van der Waals surface area contributed by atoms with Crippen molar-refractivity contribution in [2.24, 2.45) is 0 Å². The smallest absolute Gasteiger partial charge is 0.272 e. The van der Waals surface area contributed by atoms with E-state index >= 15 is 0 Å². The number of aromatic nitrogens is 2. The highest BCUT2D eigenvalue weighted by molar-refractivity contribution is 7.09. The number of rotatable bonds is 10. The van der Waals surface area contributed by atoms with Crippen molar-refractivity contribution in [3.63, 3.8) is 0 Å². The van der Waals surface area contributed by atoms with Crippen molar-refractivity contribution in [3.05, 3.63) is 80.6 Å². The molecule has 0 aliphatic carbocycles. The Bertz CT molecular complexity index is 1290. The van der Waals surface area contributed by atoms with Gasteiger partial charge in [-0.2, -0.15) is 0 Å². The zero-order valence-corrected chi connectivity index (χ0v) is 22.7. The minimum Gasteiger partial charge on any atom is -0.352 e. The summed E-state index contributed by atoms with van der Waals surface area (Å²) in [6.07, 6.45) is 5.20. The predicted molar refractivity (Wildman–Crippen MR) is 144 cm³/mol. The Labute approximate surface area is 225 Å². The highest BCUT2D eigenvalue weighted by Crippen LogP contribution is 2.35. The molecule has 2 amide bonds. The summed E-state index contributed by atoms with van der Waals surface area (Å²) in [5.41, 5.74) is 3.32. The largest absolute Gasteiger partial charge is 0.352 e. The molecule has 202 valence electrons. The van der Waals surface area contributed by atoms with Gasteiger partial charge >= 0.3 is 0 Å². The van der Waals surface area contributed by atoms with Crippen LogP contribution in [0.5, 0.6) is 0 Å². The van der Waals surface area contributed by atoms with Crippen molar-refractivity contribution in [2.75, 3.05) is 19.6 Å². The van der Waals surface area contributed by atoms with Crippen LogP contribution in [0.4, 0.5) is 8.78 Å². The number of amides is 2. The Kier molecular flexibility index (Phi) is 8.83. The third-order valence-corrected chi connectivity index (χ3v) is 7.53. The zero-order chi connectivity index (χ0) is 27.3. The fourth-order valence-electron chi connectivity index (χ4n) is 4.57. The third-order valence-electron chi connectivity index (χ3n) is 6.47. The Balaban J connectivity index is 1.28. The number of nitrogens with one attached hydrogen (secondary N) is 2. The molecule has 38 heavy (non-hydrogen) atoms. The van der Waals surface area contributed by atoms with Crippen molar-refractivity contribution in [1.82, 2.24) is 25.5 Å². The van der Waals surface area contributed by atoms with Gasteiger partial charge in [0.05, 0.1) is 6.04 Å². The number of hydrogen-bond donors (Lipinski definition) is 2. The minimum atomic E-state index is -2.93. The number of nitrogens with zero attached hydrogens (tertiary/aromatic N) is 3. The summed E-state index contributed by atoms with van der Waals surface area (Å²) in [5, 5.41) is 9.05. The van der Waals surface area contributed by atoms with Gasteiger partial charge in [0.25, 0.3) is 17.7 Å². The molecule has 1 fully saturated rings. The first-order chi connectivity index (χ1) is 18.1. The molecule has 3 heterocycles. The lowest BCUT2D eigenvalue weighted by Crippen LogP contribution is -2.31. The second kappa shape index (κ2) is 12.1. The van der Waals surface area contributed by atoms with E-state index in [2.05, 4.69) is 20.6 Å². The van der Waals surface area contributed by atoms with Gasteiger partial charge in [0.1, 0.15) is 5.01 Å². The van der Waals surface area contributed by atoms with Crippen molar-refractivity contribution in [3.8, 4) is 0 Å². The molecule has 1 aliphatic rings. The highest BCUT2D eigenvalue weighted by Gasteiger charge is 2.33. The monoisotopic (exact) mass is 541 g/mol. The first-order valence-corrected chi connectivity index (χ1v) is 13.7. The summed E-state index contributed by atoms with van der Waals surface area (Å²) in [5.74, 6) is -3.25. The van der Waals surface area contributed by atoms with Gasteiger partial charge in [-0.15, -0.1) is 11.3 Å². The van der Waals surface area contributed by atoms with Crippen LogP contribution >= 0.6 is 11.3 Å². The van der Waals surface area contributed by atoms with Crippen molar-refractivity contribution in [2.45, 2.75) is 58.5 Å². The molecule has 0 saturated carbocycles. The van der Waals surface area contributed by atoms with Gasteiger partial charge < -0.3 is 15.5 Å². The maximum Gasteiger partial charge on any atom is 0.272 e. The van der Waals surface area contributed by atoms with Gasteiger partial charge in [-0.1, -0.05) is 0 Å². The number of alkyl halides is 2. The number of halogens is 2. The number of aryl methyl sites for hydroxylation is 2. The third kappa shape index (κ3) is 6.99. The topological polar surface area (TPSA) is 87.2 Å². The molecular formula is C28H33F2N5O2S. The summed E-state index contributed by atoms with van der Waals surface area (Å²) >= 11 is 1.58. The maximum atomic E-state index is 13.5. The summed E-state index contributed by atoms with van der Waals surface area (Å²) in [4.78, 5) is 36.6. The van der Waals surface area contributed by atoms with Gasteiger partial charge in [0.2, 0.25) is 0 Å². The van der Waals surface area contributed by atoms with Gasteiger partial charge in [-0.25, -0.2) is 13.8 Å².